The van der Waals surface area contributed by atoms with Gasteiger partial charge < -0.3 is 10.6 Å². The summed E-state index contributed by atoms with van der Waals surface area (Å²) in [6.45, 7) is 6.14. The second kappa shape index (κ2) is 8.92. The van der Waals surface area contributed by atoms with Crippen LogP contribution in [-0.2, 0) is 6.54 Å². The van der Waals surface area contributed by atoms with Crippen molar-refractivity contribution in [1.82, 2.24) is 25.4 Å². The Morgan fingerprint density at radius 1 is 1.17 bits per heavy atom. The molecule has 0 aliphatic rings. The van der Waals surface area contributed by atoms with Crippen molar-refractivity contribution >= 4 is 5.96 Å². The Labute approximate surface area is 138 Å². The van der Waals surface area contributed by atoms with Crippen LogP contribution in [0.3, 0.4) is 0 Å². The van der Waals surface area contributed by atoms with Gasteiger partial charge in [0.25, 0.3) is 0 Å². The lowest BCUT2D eigenvalue weighted by Gasteiger charge is -2.16. The van der Waals surface area contributed by atoms with Crippen LogP contribution in [-0.4, -0.2) is 34.3 Å². The van der Waals surface area contributed by atoms with Gasteiger partial charge in [-0.3, -0.25) is 4.99 Å². The highest BCUT2D eigenvalue weighted by Gasteiger charge is 2.05. The van der Waals surface area contributed by atoms with Crippen LogP contribution in [0.2, 0.25) is 0 Å². The summed E-state index contributed by atoms with van der Waals surface area (Å²) in [7, 11) is 1.80. The number of aromatic nitrogens is 3. The number of benzene rings is 1. The molecule has 0 bridgehead atoms. The molecule has 2 N–H and O–H groups in total. The highest BCUT2D eigenvalue weighted by Crippen LogP contribution is 2.08. The average molecular weight is 314 g/mol. The van der Waals surface area contributed by atoms with Gasteiger partial charge in [0.1, 0.15) is 12.7 Å². The summed E-state index contributed by atoms with van der Waals surface area (Å²) in [5.41, 5.74) is 2.20. The molecule has 0 aliphatic carbocycles. The number of rotatable bonds is 7. The second-order valence-corrected chi connectivity index (χ2v) is 5.50. The fourth-order valence-corrected chi connectivity index (χ4v) is 2.33. The van der Waals surface area contributed by atoms with Gasteiger partial charge in [0.2, 0.25) is 0 Å². The highest BCUT2D eigenvalue weighted by atomic mass is 15.3. The predicted molar refractivity (Wildman–Crippen MR) is 93.6 cm³/mol. The zero-order valence-electron chi connectivity index (χ0n) is 14.2. The Morgan fingerprint density at radius 2 is 1.91 bits per heavy atom. The smallest absolute Gasteiger partial charge is 0.191 e. The molecule has 1 heterocycles. The minimum Gasteiger partial charge on any atom is -0.356 e. The lowest BCUT2D eigenvalue weighted by molar-refractivity contribution is 0.481. The largest absolute Gasteiger partial charge is 0.356 e. The van der Waals surface area contributed by atoms with Gasteiger partial charge in [0.05, 0.1) is 5.69 Å². The van der Waals surface area contributed by atoms with Gasteiger partial charge in [-0.1, -0.05) is 38.8 Å². The van der Waals surface area contributed by atoms with Crippen LogP contribution in [0.5, 0.6) is 0 Å². The summed E-state index contributed by atoms with van der Waals surface area (Å²) in [6.07, 6.45) is 5.59. The first-order valence-corrected chi connectivity index (χ1v) is 8.15. The van der Waals surface area contributed by atoms with Crippen LogP contribution in [0.1, 0.15) is 32.3 Å². The van der Waals surface area contributed by atoms with Crippen LogP contribution in [0, 0.1) is 5.92 Å². The molecular formula is C17H26N6. The van der Waals surface area contributed by atoms with Crippen LogP contribution in [0.4, 0.5) is 0 Å². The van der Waals surface area contributed by atoms with Gasteiger partial charge >= 0.3 is 0 Å². The van der Waals surface area contributed by atoms with Crippen molar-refractivity contribution in [2.24, 2.45) is 10.9 Å². The standard InChI is InChI=1S/C17H26N6/c1-4-14(5-2)10-20-17(18-3)21-11-15-6-8-16(9-7-15)23-13-19-12-22-23/h6-9,12-14H,4-5,10-11H2,1-3H3,(H2,18,20,21). The first kappa shape index (κ1) is 17.0. The maximum Gasteiger partial charge on any atom is 0.191 e. The van der Waals surface area contributed by atoms with Crippen LogP contribution in [0.25, 0.3) is 5.69 Å². The van der Waals surface area contributed by atoms with Gasteiger partial charge in [-0.25, -0.2) is 9.67 Å². The van der Waals surface area contributed by atoms with Crippen molar-refractivity contribution < 1.29 is 0 Å². The number of hydrogen-bond donors (Lipinski definition) is 2. The number of aliphatic imine (C=N–C) groups is 1. The van der Waals surface area contributed by atoms with E-state index in [1.54, 1.807) is 18.1 Å². The van der Waals surface area contributed by atoms with E-state index in [-0.39, 0.29) is 0 Å². The minimum atomic E-state index is 0.690. The van der Waals surface area contributed by atoms with Crippen molar-refractivity contribution in [3.63, 3.8) is 0 Å². The topological polar surface area (TPSA) is 67.1 Å². The van der Waals surface area contributed by atoms with Crippen molar-refractivity contribution in [2.75, 3.05) is 13.6 Å². The SMILES string of the molecule is CCC(CC)CNC(=NC)NCc1ccc(-n2cncn2)cc1. The van der Waals surface area contributed by atoms with E-state index in [0.717, 1.165) is 24.7 Å². The molecule has 6 heteroatoms. The number of guanidine groups is 1. The quantitative estimate of drug-likeness (QED) is 0.608. The zero-order valence-corrected chi connectivity index (χ0v) is 14.2. The summed E-state index contributed by atoms with van der Waals surface area (Å²) >= 11 is 0. The molecule has 1 aromatic carbocycles. The molecule has 0 unspecified atom stereocenters. The number of nitrogens with zero attached hydrogens (tertiary/aromatic N) is 4. The fourth-order valence-electron chi connectivity index (χ4n) is 2.33. The van der Waals surface area contributed by atoms with E-state index in [2.05, 4.69) is 51.7 Å². The van der Waals surface area contributed by atoms with E-state index in [0.29, 0.717) is 5.92 Å². The molecule has 0 fully saturated rings. The zero-order chi connectivity index (χ0) is 16.5. The van der Waals surface area contributed by atoms with Gasteiger partial charge in [-0.05, 0) is 23.6 Å². The third kappa shape index (κ3) is 5.09. The molecule has 0 saturated heterocycles. The molecular weight excluding hydrogens is 288 g/mol. The molecule has 0 saturated carbocycles. The molecule has 0 radical (unpaired) electrons. The third-order valence-electron chi connectivity index (χ3n) is 4.02. The molecule has 2 rings (SSSR count). The molecule has 23 heavy (non-hydrogen) atoms. The first-order valence-electron chi connectivity index (χ1n) is 8.15. The Hall–Kier alpha value is -2.37. The van der Waals surface area contributed by atoms with E-state index < -0.39 is 0 Å². The fraction of sp³-hybridized carbons (Fsp3) is 0.471. The van der Waals surface area contributed by atoms with E-state index >= 15 is 0 Å². The second-order valence-electron chi connectivity index (χ2n) is 5.50. The molecule has 0 aliphatic heterocycles. The van der Waals surface area contributed by atoms with E-state index in [4.69, 9.17) is 0 Å². The molecule has 2 aromatic rings. The summed E-state index contributed by atoms with van der Waals surface area (Å²) in [5.74, 6) is 1.53. The molecule has 0 amide bonds. The van der Waals surface area contributed by atoms with Crippen LogP contribution < -0.4 is 10.6 Å². The average Bonchev–Trinajstić information content (AvgIpc) is 3.13. The molecule has 0 atom stereocenters. The Kier molecular flexibility index (Phi) is 6.59. The van der Waals surface area contributed by atoms with E-state index in [1.807, 2.05) is 12.1 Å². The number of hydrogen-bond acceptors (Lipinski definition) is 3. The van der Waals surface area contributed by atoms with Gasteiger partial charge in [-0.15, -0.1) is 0 Å². The molecule has 1 aromatic heterocycles. The Balaban J connectivity index is 1.84. The summed E-state index contributed by atoms with van der Waals surface area (Å²) in [5, 5.41) is 10.9. The van der Waals surface area contributed by atoms with Crippen molar-refractivity contribution in [1.29, 1.82) is 0 Å². The van der Waals surface area contributed by atoms with E-state index in [1.165, 1.54) is 24.7 Å². The lowest BCUT2D eigenvalue weighted by atomic mass is 10.0. The van der Waals surface area contributed by atoms with Crippen molar-refractivity contribution in [2.45, 2.75) is 33.2 Å². The Bertz CT molecular complexity index is 584. The highest BCUT2D eigenvalue weighted by molar-refractivity contribution is 5.79. The summed E-state index contributed by atoms with van der Waals surface area (Å²) in [4.78, 5) is 8.23. The van der Waals surface area contributed by atoms with E-state index in [9.17, 15) is 0 Å². The third-order valence-corrected chi connectivity index (χ3v) is 4.02. The monoisotopic (exact) mass is 314 g/mol. The first-order chi connectivity index (χ1) is 11.3. The lowest BCUT2D eigenvalue weighted by Crippen LogP contribution is -2.39. The molecule has 124 valence electrons. The number of nitrogens with one attached hydrogen (secondary N) is 2. The molecule has 6 nitrogen and oxygen atoms in total. The van der Waals surface area contributed by atoms with Crippen LogP contribution in [0.15, 0.2) is 41.9 Å². The Morgan fingerprint density at radius 3 is 2.48 bits per heavy atom. The van der Waals surface area contributed by atoms with Crippen molar-refractivity contribution in [3.8, 4) is 5.69 Å². The summed E-state index contributed by atoms with van der Waals surface area (Å²) in [6, 6.07) is 8.23. The van der Waals surface area contributed by atoms with Gasteiger partial charge in [-0.2, -0.15) is 5.10 Å². The van der Waals surface area contributed by atoms with Gasteiger partial charge in [0, 0.05) is 20.1 Å². The normalized spacial score (nSPS) is 11.7. The maximum atomic E-state index is 4.27. The molecule has 0 spiro atoms. The maximum absolute atomic E-state index is 4.27. The van der Waals surface area contributed by atoms with Crippen LogP contribution >= 0.6 is 0 Å². The minimum absolute atomic E-state index is 0.690. The van der Waals surface area contributed by atoms with Gasteiger partial charge in [0.15, 0.2) is 5.96 Å². The van der Waals surface area contributed by atoms with Crippen molar-refractivity contribution in [3.05, 3.63) is 42.5 Å². The summed E-state index contributed by atoms with van der Waals surface area (Å²) < 4.78 is 1.74. The predicted octanol–water partition coefficient (Wildman–Crippen LogP) is 2.37.